The lowest BCUT2D eigenvalue weighted by Crippen LogP contribution is -2.51. The fraction of sp³-hybridized carbons (Fsp3) is 0.417. The summed E-state index contributed by atoms with van der Waals surface area (Å²) in [5.74, 6) is -0.441. The maximum atomic E-state index is 13.3. The molecule has 16 heavy (non-hydrogen) atoms. The van der Waals surface area contributed by atoms with Gasteiger partial charge in [0.2, 0.25) is 0 Å². The van der Waals surface area contributed by atoms with Crippen LogP contribution in [0, 0.1) is 17.1 Å². The van der Waals surface area contributed by atoms with Gasteiger partial charge in [-0.25, -0.2) is 4.39 Å². The van der Waals surface area contributed by atoms with Crippen LogP contribution in [0.15, 0.2) is 18.2 Å². The second kappa shape index (κ2) is 4.60. The predicted molar refractivity (Wildman–Crippen MR) is 57.2 cm³/mol. The molecule has 2 rings (SSSR count). The van der Waals surface area contributed by atoms with Crippen molar-refractivity contribution in [3.05, 3.63) is 35.1 Å². The van der Waals surface area contributed by atoms with Crippen LogP contribution in [0.25, 0.3) is 0 Å². The van der Waals surface area contributed by atoms with E-state index in [4.69, 9.17) is 10.00 Å². The number of hydrogen-bond donors (Lipinski definition) is 0. The third kappa shape index (κ3) is 2.06. The van der Waals surface area contributed by atoms with E-state index in [9.17, 15) is 4.39 Å². The SMILES string of the molecule is COC1CN(Cc2cccc(F)c2C#N)C1. The molecule has 0 aromatic heterocycles. The number of nitriles is 1. The summed E-state index contributed by atoms with van der Waals surface area (Å²) in [6.45, 7) is 2.30. The van der Waals surface area contributed by atoms with Gasteiger partial charge in [0.15, 0.2) is 0 Å². The van der Waals surface area contributed by atoms with Crippen LogP contribution in [0.3, 0.4) is 0 Å². The minimum absolute atomic E-state index is 0.156. The van der Waals surface area contributed by atoms with Crippen LogP contribution in [0.1, 0.15) is 11.1 Å². The van der Waals surface area contributed by atoms with E-state index in [2.05, 4.69) is 4.90 Å². The number of nitrogens with zero attached hydrogens (tertiary/aromatic N) is 2. The van der Waals surface area contributed by atoms with Gasteiger partial charge in [-0.3, -0.25) is 4.90 Å². The average molecular weight is 220 g/mol. The maximum absolute atomic E-state index is 13.3. The van der Waals surface area contributed by atoms with E-state index >= 15 is 0 Å². The normalized spacial score (nSPS) is 16.8. The van der Waals surface area contributed by atoms with Gasteiger partial charge in [0.1, 0.15) is 11.9 Å². The molecule has 4 heteroatoms. The first-order valence-electron chi connectivity index (χ1n) is 5.17. The van der Waals surface area contributed by atoms with Crippen LogP contribution in [0.5, 0.6) is 0 Å². The maximum Gasteiger partial charge on any atom is 0.141 e. The largest absolute Gasteiger partial charge is 0.379 e. The lowest BCUT2D eigenvalue weighted by Gasteiger charge is -2.38. The molecule has 1 heterocycles. The van der Waals surface area contributed by atoms with E-state index in [1.807, 2.05) is 6.07 Å². The van der Waals surface area contributed by atoms with Gasteiger partial charge in [0.25, 0.3) is 0 Å². The predicted octanol–water partition coefficient (Wildman–Crippen LogP) is 1.53. The van der Waals surface area contributed by atoms with Crippen molar-refractivity contribution in [1.82, 2.24) is 4.90 Å². The molecular formula is C12H13FN2O. The van der Waals surface area contributed by atoms with Crippen LogP contribution in [-0.2, 0) is 11.3 Å². The van der Waals surface area contributed by atoms with Gasteiger partial charge in [-0.05, 0) is 11.6 Å². The minimum Gasteiger partial charge on any atom is -0.379 e. The van der Waals surface area contributed by atoms with Crippen molar-refractivity contribution < 1.29 is 9.13 Å². The van der Waals surface area contributed by atoms with Crippen LogP contribution < -0.4 is 0 Å². The molecule has 0 bridgehead atoms. The van der Waals surface area contributed by atoms with Crippen molar-refractivity contribution in [3.8, 4) is 6.07 Å². The standard InChI is InChI=1S/C12H13FN2O/c1-16-10-7-15(8-10)6-9-3-2-4-12(13)11(9)5-14/h2-4,10H,6-8H2,1H3. The Morgan fingerprint density at radius 1 is 1.56 bits per heavy atom. The van der Waals surface area contributed by atoms with E-state index in [0.717, 1.165) is 18.7 Å². The highest BCUT2D eigenvalue weighted by Gasteiger charge is 2.26. The second-order valence-electron chi connectivity index (χ2n) is 3.94. The summed E-state index contributed by atoms with van der Waals surface area (Å²) < 4.78 is 18.5. The summed E-state index contributed by atoms with van der Waals surface area (Å²) in [5, 5.41) is 8.87. The quantitative estimate of drug-likeness (QED) is 0.775. The summed E-state index contributed by atoms with van der Waals surface area (Å²) in [6, 6.07) is 6.66. The Labute approximate surface area is 94.0 Å². The van der Waals surface area contributed by atoms with E-state index in [-0.39, 0.29) is 11.7 Å². The van der Waals surface area contributed by atoms with Crippen molar-refractivity contribution >= 4 is 0 Å². The monoisotopic (exact) mass is 220 g/mol. The summed E-state index contributed by atoms with van der Waals surface area (Å²) in [7, 11) is 1.69. The summed E-state index contributed by atoms with van der Waals surface area (Å²) in [4.78, 5) is 2.13. The molecule has 1 aliphatic heterocycles. The molecule has 0 unspecified atom stereocenters. The molecule has 3 nitrogen and oxygen atoms in total. The Balaban J connectivity index is 2.06. The number of rotatable bonds is 3. The van der Waals surface area contributed by atoms with Crippen LogP contribution in [-0.4, -0.2) is 31.2 Å². The third-order valence-corrected chi connectivity index (χ3v) is 2.86. The van der Waals surface area contributed by atoms with Crippen molar-refractivity contribution in [2.45, 2.75) is 12.6 Å². The molecule has 0 N–H and O–H groups in total. The fourth-order valence-electron chi connectivity index (χ4n) is 1.87. The van der Waals surface area contributed by atoms with E-state index < -0.39 is 5.82 Å². The van der Waals surface area contributed by atoms with Crippen molar-refractivity contribution in [2.75, 3.05) is 20.2 Å². The first kappa shape index (κ1) is 11.1. The summed E-state index contributed by atoms with van der Waals surface area (Å²) >= 11 is 0. The summed E-state index contributed by atoms with van der Waals surface area (Å²) in [5.41, 5.74) is 0.903. The highest BCUT2D eigenvalue weighted by Crippen LogP contribution is 2.19. The van der Waals surface area contributed by atoms with E-state index in [1.165, 1.54) is 6.07 Å². The highest BCUT2D eigenvalue weighted by atomic mass is 19.1. The Bertz CT molecular complexity index is 422. The Morgan fingerprint density at radius 2 is 2.31 bits per heavy atom. The van der Waals surface area contributed by atoms with Crippen LogP contribution in [0.2, 0.25) is 0 Å². The number of hydrogen-bond acceptors (Lipinski definition) is 3. The highest BCUT2D eigenvalue weighted by molar-refractivity contribution is 5.38. The molecule has 1 fully saturated rings. The van der Waals surface area contributed by atoms with E-state index in [0.29, 0.717) is 6.54 Å². The summed E-state index contributed by atoms with van der Waals surface area (Å²) in [6.07, 6.45) is 0.277. The molecule has 0 atom stereocenters. The zero-order chi connectivity index (χ0) is 11.5. The zero-order valence-electron chi connectivity index (χ0n) is 9.11. The smallest absolute Gasteiger partial charge is 0.141 e. The first-order chi connectivity index (χ1) is 7.74. The molecule has 0 radical (unpaired) electrons. The molecule has 1 saturated heterocycles. The van der Waals surface area contributed by atoms with Gasteiger partial charge < -0.3 is 4.74 Å². The second-order valence-corrected chi connectivity index (χ2v) is 3.94. The van der Waals surface area contributed by atoms with Crippen molar-refractivity contribution in [2.24, 2.45) is 0 Å². The fourth-order valence-corrected chi connectivity index (χ4v) is 1.87. The molecular weight excluding hydrogens is 207 g/mol. The third-order valence-electron chi connectivity index (χ3n) is 2.86. The molecule has 84 valence electrons. The molecule has 0 aliphatic carbocycles. The van der Waals surface area contributed by atoms with Gasteiger partial charge in [-0.1, -0.05) is 12.1 Å². The number of methoxy groups -OCH3 is 1. The number of likely N-dealkylation sites (tertiary alicyclic amines) is 1. The molecule has 1 aromatic rings. The minimum atomic E-state index is -0.441. The Morgan fingerprint density at radius 3 is 2.94 bits per heavy atom. The molecule has 1 aliphatic rings. The number of benzene rings is 1. The number of ether oxygens (including phenoxy) is 1. The lowest BCUT2D eigenvalue weighted by atomic mass is 10.0. The van der Waals surface area contributed by atoms with Gasteiger partial charge in [-0.15, -0.1) is 0 Å². The Hall–Kier alpha value is -1.44. The first-order valence-corrected chi connectivity index (χ1v) is 5.17. The Kier molecular flexibility index (Phi) is 3.18. The van der Waals surface area contributed by atoms with Gasteiger partial charge in [0.05, 0.1) is 11.7 Å². The van der Waals surface area contributed by atoms with Gasteiger partial charge in [0, 0.05) is 26.7 Å². The van der Waals surface area contributed by atoms with Crippen LogP contribution >= 0.6 is 0 Å². The zero-order valence-corrected chi connectivity index (χ0v) is 9.11. The molecule has 0 amide bonds. The topological polar surface area (TPSA) is 36.3 Å². The van der Waals surface area contributed by atoms with E-state index in [1.54, 1.807) is 19.2 Å². The van der Waals surface area contributed by atoms with Crippen LogP contribution in [0.4, 0.5) is 4.39 Å². The lowest BCUT2D eigenvalue weighted by molar-refractivity contribution is -0.0334. The average Bonchev–Trinajstić information content (AvgIpc) is 2.23. The van der Waals surface area contributed by atoms with Gasteiger partial charge in [-0.2, -0.15) is 5.26 Å². The van der Waals surface area contributed by atoms with Crippen molar-refractivity contribution in [1.29, 1.82) is 5.26 Å². The number of halogens is 1. The molecule has 1 aromatic carbocycles. The molecule has 0 spiro atoms. The van der Waals surface area contributed by atoms with Crippen molar-refractivity contribution in [3.63, 3.8) is 0 Å². The van der Waals surface area contributed by atoms with Gasteiger partial charge >= 0.3 is 0 Å². The molecule has 0 saturated carbocycles.